The number of esters is 1. The number of amidine groups is 1. The van der Waals surface area contributed by atoms with Gasteiger partial charge in [-0.3, -0.25) is 5.41 Å². The monoisotopic (exact) mass is 355 g/mol. The summed E-state index contributed by atoms with van der Waals surface area (Å²) < 4.78 is 10.1. The second-order valence-corrected chi connectivity index (χ2v) is 6.01. The van der Waals surface area contributed by atoms with E-state index in [1.165, 1.54) is 7.11 Å². The molecule has 1 aromatic heterocycles. The maximum atomic E-state index is 11.1. The van der Waals surface area contributed by atoms with Crippen molar-refractivity contribution in [2.24, 2.45) is 5.73 Å². The number of hydrogen-bond acceptors (Lipinski definition) is 7. The molecule has 3 rings (SSSR count). The highest BCUT2D eigenvalue weighted by atomic mass is 16.6. The topological polar surface area (TPSA) is 114 Å². The van der Waals surface area contributed by atoms with E-state index in [2.05, 4.69) is 19.8 Å². The number of nitrogen functional groups attached to an aromatic ring is 1. The van der Waals surface area contributed by atoms with Crippen LogP contribution in [0.3, 0.4) is 0 Å². The van der Waals surface area contributed by atoms with E-state index in [1.807, 2.05) is 24.3 Å². The quantitative estimate of drug-likeness (QED) is 0.454. The van der Waals surface area contributed by atoms with Crippen molar-refractivity contribution in [1.82, 2.24) is 10.2 Å². The van der Waals surface area contributed by atoms with E-state index in [0.29, 0.717) is 12.1 Å². The van der Waals surface area contributed by atoms with Crippen molar-refractivity contribution in [2.75, 3.05) is 31.7 Å². The minimum absolute atomic E-state index is 0.0188. The Morgan fingerprint density at radius 3 is 2.65 bits per heavy atom. The number of carbonyl (C=O) groups is 1. The Bertz CT molecular complexity index is 776. The molecule has 26 heavy (non-hydrogen) atoms. The molecular weight excluding hydrogens is 334 g/mol. The molecule has 136 valence electrons. The summed E-state index contributed by atoms with van der Waals surface area (Å²) in [5.74, 6) is 0.442. The van der Waals surface area contributed by atoms with Crippen LogP contribution in [0, 0.1) is 5.41 Å². The highest BCUT2D eigenvalue weighted by Gasteiger charge is 2.25. The standard InChI is InChI=1S/C18H21N5O3/c1-25-17(24)11-26-14-8-9-23(10-14)16-7-6-15(21-22-16)12-2-4-13(5-3-12)18(19)20/h2-7,14H,8-11H2,1H3,(H3,19,20). The van der Waals surface area contributed by atoms with E-state index in [9.17, 15) is 4.79 Å². The average Bonchev–Trinajstić information content (AvgIpc) is 3.15. The lowest BCUT2D eigenvalue weighted by Crippen LogP contribution is -2.25. The Morgan fingerprint density at radius 2 is 2.04 bits per heavy atom. The van der Waals surface area contributed by atoms with E-state index in [4.69, 9.17) is 15.9 Å². The van der Waals surface area contributed by atoms with Crippen LogP contribution in [0.1, 0.15) is 12.0 Å². The highest BCUT2D eigenvalue weighted by Crippen LogP contribution is 2.22. The number of aromatic nitrogens is 2. The van der Waals surface area contributed by atoms with Crippen LogP contribution in [-0.2, 0) is 14.3 Å². The van der Waals surface area contributed by atoms with Crippen LogP contribution in [0.5, 0.6) is 0 Å². The molecule has 8 heteroatoms. The first-order chi connectivity index (χ1) is 12.6. The number of benzene rings is 1. The second-order valence-electron chi connectivity index (χ2n) is 6.01. The SMILES string of the molecule is COC(=O)COC1CCN(c2ccc(-c3ccc(C(=N)N)cc3)nn2)C1. The third-order valence-electron chi connectivity index (χ3n) is 4.28. The van der Waals surface area contributed by atoms with Gasteiger partial charge in [0.2, 0.25) is 0 Å². The number of nitrogens with two attached hydrogens (primary N) is 1. The van der Waals surface area contributed by atoms with Crippen LogP contribution in [-0.4, -0.2) is 54.9 Å². The van der Waals surface area contributed by atoms with Gasteiger partial charge in [0.15, 0.2) is 5.82 Å². The summed E-state index contributed by atoms with van der Waals surface area (Å²) in [5, 5.41) is 16.0. The average molecular weight is 355 g/mol. The minimum atomic E-state index is -0.372. The number of methoxy groups -OCH3 is 1. The zero-order valence-electron chi connectivity index (χ0n) is 14.5. The zero-order chi connectivity index (χ0) is 18.5. The maximum Gasteiger partial charge on any atom is 0.331 e. The van der Waals surface area contributed by atoms with Gasteiger partial charge in [-0.2, -0.15) is 0 Å². The smallest absolute Gasteiger partial charge is 0.331 e. The number of rotatable bonds is 6. The molecule has 0 amide bonds. The van der Waals surface area contributed by atoms with Gasteiger partial charge in [0.05, 0.1) is 18.9 Å². The fraction of sp³-hybridized carbons (Fsp3) is 0.333. The molecule has 1 saturated heterocycles. The molecule has 3 N–H and O–H groups in total. The lowest BCUT2D eigenvalue weighted by molar-refractivity contribution is -0.147. The normalized spacial score (nSPS) is 16.5. The molecule has 2 heterocycles. The van der Waals surface area contributed by atoms with E-state index in [0.717, 1.165) is 30.0 Å². The second kappa shape index (κ2) is 7.92. The third kappa shape index (κ3) is 4.15. The van der Waals surface area contributed by atoms with Crippen molar-refractivity contribution in [3.63, 3.8) is 0 Å². The Morgan fingerprint density at radius 1 is 1.27 bits per heavy atom. The summed E-state index contributed by atoms with van der Waals surface area (Å²) in [7, 11) is 1.34. The number of nitrogens with one attached hydrogen (secondary N) is 1. The molecule has 1 atom stereocenters. The summed E-state index contributed by atoms with van der Waals surface area (Å²) in [4.78, 5) is 13.2. The van der Waals surface area contributed by atoms with Gasteiger partial charge in [-0.05, 0) is 18.6 Å². The molecule has 0 spiro atoms. The lowest BCUT2D eigenvalue weighted by atomic mass is 10.1. The molecule has 0 aliphatic carbocycles. The van der Waals surface area contributed by atoms with Crippen molar-refractivity contribution in [3.05, 3.63) is 42.0 Å². The van der Waals surface area contributed by atoms with Crippen LogP contribution < -0.4 is 10.6 Å². The summed E-state index contributed by atoms with van der Waals surface area (Å²) in [6.07, 6.45) is 0.808. The molecule has 1 unspecified atom stereocenters. The van der Waals surface area contributed by atoms with Crippen LogP contribution >= 0.6 is 0 Å². The van der Waals surface area contributed by atoms with Crippen molar-refractivity contribution >= 4 is 17.6 Å². The molecule has 8 nitrogen and oxygen atoms in total. The van der Waals surface area contributed by atoms with Gasteiger partial charge in [-0.15, -0.1) is 10.2 Å². The fourth-order valence-electron chi connectivity index (χ4n) is 2.79. The van der Waals surface area contributed by atoms with Gasteiger partial charge in [-0.25, -0.2) is 4.79 Å². The van der Waals surface area contributed by atoms with Crippen LogP contribution in [0.4, 0.5) is 5.82 Å². The summed E-state index contributed by atoms with van der Waals surface area (Å²) in [6, 6.07) is 11.1. The molecule has 0 radical (unpaired) electrons. The largest absolute Gasteiger partial charge is 0.467 e. The first-order valence-corrected chi connectivity index (χ1v) is 8.28. The summed E-state index contributed by atoms with van der Waals surface area (Å²) in [6.45, 7) is 1.43. The van der Waals surface area contributed by atoms with Crippen molar-refractivity contribution < 1.29 is 14.3 Å². The van der Waals surface area contributed by atoms with E-state index >= 15 is 0 Å². The molecular formula is C18H21N5O3. The lowest BCUT2D eigenvalue weighted by Gasteiger charge is -2.17. The Hall–Kier alpha value is -3.00. The number of hydrogen-bond donors (Lipinski definition) is 2. The van der Waals surface area contributed by atoms with Gasteiger partial charge >= 0.3 is 5.97 Å². The van der Waals surface area contributed by atoms with Gasteiger partial charge < -0.3 is 20.1 Å². The Balaban J connectivity index is 1.61. The van der Waals surface area contributed by atoms with Crippen LogP contribution in [0.2, 0.25) is 0 Å². The van der Waals surface area contributed by atoms with Gasteiger partial charge in [0.25, 0.3) is 0 Å². The Labute approximate surface area is 151 Å². The molecule has 1 aliphatic heterocycles. The van der Waals surface area contributed by atoms with Crippen molar-refractivity contribution in [1.29, 1.82) is 5.41 Å². The summed E-state index contributed by atoms with van der Waals surface area (Å²) in [5.41, 5.74) is 7.80. The van der Waals surface area contributed by atoms with Crippen LogP contribution in [0.15, 0.2) is 36.4 Å². The molecule has 1 aromatic carbocycles. The summed E-state index contributed by atoms with van der Waals surface area (Å²) >= 11 is 0. The molecule has 0 bridgehead atoms. The Kier molecular flexibility index (Phi) is 5.43. The molecule has 2 aromatic rings. The highest BCUT2D eigenvalue weighted by molar-refractivity contribution is 5.95. The predicted molar refractivity (Wildman–Crippen MR) is 97.1 cm³/mol. The zero-order valence-corrected chi connectivity index (χ0v) is 14.5. The van der Waals surface area contributed by atoms with Gasteiger partial charge in [-0.1, -0.05) is 24.3 Å². The van der Waals surface area contributed by atoms with Gasteiger partial charge in [0.1, 0.15) is 12.4 Å². The molecule has 1 aliphatic rings. The number of nitrogens with zero attached hydrogens (tertiary/aromatic N) is 3. The number of carbonyl (C=O) groups excluding carboxylic acids is 1. The molecule has 0 saturated carbocycles. The molecule has 1 fully saturated rings. The van der Waals surface area contributed by atoms with E-state index in [1.54, 1.807) is 12.1 Å². The van der Waals surface area contributed by atoms with E-state index < -0.39 is 0 Å². The van der Waals surface area contributed by atoms with Crippen molar-refractivity contribution in [3.8, 4) is 11.3 Å². The third-order valence-corrected chi connectivity index (χ3v) is 4.28. The van der Waals surface area contributed by atoms with Crippen molar-refractivity contribution in [2.45, 2.75) is 12.5 Å². The minimum Gasteiger partial charge on any atom is -0.467 e. The number of ether oxygens (including phenoxy) is 2. The maximum absolute atomic E-state index is 11.1. The predicted octanol–water partition coefficient (Wildman–Crippen LogP) is 1.20. The first kappa shape index (κ1) is 17.8. The first-order valence-electron chi connectivity index (χ1n) is 8.28. The van der Waals surface area contributed by atoms with Gasteiger partial charge in [0, 0.05) is 24.2 Å². The fourth-order valence-corrected chi connectivity index (χ4v) is 2.79. The van der Waals surface area contributed by atoms with E-state index in [-0.39, 0.29) is 24.5 Å². The number of anilines is 1. The van der Waals surface area contributed by atoms with Crippen LogP contribution in [0.25, 0.3) is 11.3 Å².